The number of benzene rings is 1. The van der Waals surface area contributed by atoms with E-state index in [1.165, 1.54) is 11.3 Å². The summed E-state index contributed by atoms with van der Waals surface area (Å²) >= 11 is 13.9. The zero-order chi connectivity index (χ0) is 20.7. The molecule has 1 atom stereocenters. The Labute approximate surface area is 184 Å². The largest absolute Gasteiger partial charge is 0.336 e. The maximum atomic E-state index is 13.2. The molecule has 3 aromatic rings. The van der Waals surface area contributed by atoms with Crippen LogP contribution in [0.25, 0.3) is 10.2 Å². The number of hydrogen-bond acceptors (Lipinski definition) is 4. The van der Waals surface area contributed by atoms with Crippen molar-refractivity contribution in [3.63, 3.8) is 0 Å². The standard InChI is InChI=1S/C21H24Cl2N4OS/c1-13-17-10-19(20(28)26-8-4-5-16(12-26)25(2)3)29-21(17)27(24-13)11-14-6-7-15(22)9-18(14)23/h6-7,9-10,16H,4-5,8,11-12H2,1-3H3. The van der Waals surface area contributed by atoms with Gasteiger partial charge >= 0.3 is 0 Å². The molecule has 154 valence electrons. The summed E-state index contributed by atoms with van der Waals surface area (Å²) in [6, 6.07) is 7.91. The summed E-state index contributed by atoms with van der Waals surface area (Å²) < 4.78 is 1.93. The molecule has 0 bridgehead atoms. The smallest absolute Gasteiger partial charge is 0.264 e. The average Bonchev–Trinajstić information content (AvgIpc) is 3.25. The van der Waals surface area contributed by atoms with Crippen LogP contribution >= 0.6 is 34.5 Å². The van der Waals surface area contributed by atoms with Gasteiger partial charge in [-0.05, 0) is 57.6 Å². The molecule has 3 heterocycles. The predicted molar refractivity (Wildman–Crippen MR) is 121 cm³/mol. The topological polar surface area (TPSA) is 41.4 Å². The zero-order valence-electron chi connectivity index (χ0n) is 16.8. The summed E-state index contributed by atoms with van der Waals surface area (Å²) in [5.74, 6) is 0.119. The highest BCUT2D eigenvalue weighted by molar-refractivity contribution is 7.20. The second-order valence-electron chi connectivity index (χ2n) is 7.82. The normalized spacial score (nSPS) is 17.4. The number of fused-ring (bicyclic) bond motifs is 1. The lowest BCUT2D eigenvalue weighted by Crippen LogP contribution is -2.47. The molecule has 1 aliphatic heterocycles. The van der Waals surface area contributed by atoms with Crippen molar-refractivity contribution < 1.29 is 4.79 Å². The number of halogens is 2. The van der Waals surface area contributed by atoms with Gasteiger partial charge in [0.05, 0.1) is 17.1 Å². The van der Waals surface area contributed by atoms with Gasteiger partial charge in [0.25, 0.3) is 5.91 Å². The lowest BCUT2D eigenvalue weighted by molar-refractivity contribution is 0.0640. The Bertz CT molecular complexity index is 1060. The van der Waals surface area contributed by atoms with Crippen molar-refractivity contribution in [2.75, 3.05) is 27.2 Å². The second kappa shape index (κ2) is 8.26. The van der Waals surface area contributed by atoms with E-state index in [1.807, 2.05) is 34.7 Å². The summed E-state index contributed by atoms with van der Waals surface area (Å²) in [5.41, 5.74) is 1.87. The number of thiophene rings is 1. The van der Waals surface area contributed by atoms with Gasteiger partial charge in [-0.15, -0.1) is 11.3 Å². The number of nitrogens with zero attached hydrogens (tertiary/aromatic N) is 4. The van der Waals surface area contributed by atoms with Gasteiger partial charge in [0.2, 0.25) is 0 Å². The monoisotopic (exact) mass is 450 g/mol. The number of amides is 1. The third-order valence-electron chi connectivity index (χ3n) is 5.57. The average molecular weight is 451 g/mol. The van der Waals surface area contributed by atoms with Crippen LogP contribution in [0.3, 0.4) is 0 Å². The number of rotatable bonds is 4. The Balaban J connectivity index is 1.61. The summed E-state index contributed by atoms with van der Waals surface area (Å²) in [6.07, 6.45) is 2.18. The van der Waals surface area contributed by atoms with Crippen molar-refractivity contribution in [3.05, 3.63) is 50.4 Å². The quantitative estimate of drug-likeness (QED) is 0.565. The van der Waals surface area contributed by atoms with E-state index in [2.05, 4.69) is 24.1 Å². The number of hydrogen-bond donors (Lipinski definition) is 0. The van der Waals surface area contributed by atoms with Crippen LogP contribution in [0.4, 0.5) is 0 Å². The minimum Gasteiger partial charge on any atom is -0.336 e. The van der Waals surface area contributed by atoms with Crippen LogP contribution in [0.5, 0.6) is 0 Å². The number of carbonyl (C=O) groups is 1. The van der Waals surface area contributed by atoms with Gasteiger partial charge in [0.1, 0.15) is 4.83 Å². The number of aromatic nitrogens is 2. The summed E-state index contributed by atoms with van der Waals surface area (Å²) in [5, 5.41) is 6.93. The molecule has 1 amide bonds. The molecule has 1 saturated heterocycles. The second-order valence-corrected chi connectivity index (χ2v) is 9.69. The Morgan fingerprint density at radius 1 is 1.31 bits per heavy atom. The first-order valence-corrected chi connectivity index (χ1v) is 11.3. The van der Waals surface area contributed by atoms with E-state index in [4.69, 9.17) is 23.2 Å². The molecular formula is C21H24Cl2N4OS. The molecule has 0 saturated carbocycles. The molecule has 2 aromatic heterocycles. The SMILES string of the molecule is Cc1nn(Cc2ccc(Cl)cc2Cl)c2sc(C(=O)N3CCCC(N(C)C)C3)cc12. The molecule has 0 spiro atoms. The number of piperidine rings is 1. The fourth-order valence-electron chi connectivity index (χ4n) is 3.85. The minimum atomic E-state index is 0.119. The van der Waals surface area contributed by atoms with Gasteiger partial charge < -0.3 is 9.80 Å². The van der Waals surface area contributed by atoms with Gasteiger partial charge in [0, 0.05) is 34.6 Å². The molecule has 29 heavy (non-hydrogen) atoms. The van der Waals surface area contributed by atoms with Crippen molar-refractivity contribution in [1.29, 1.82) is 0 Å². The van der Waals surface area contributed by atoms with Crippen LogP contribution in [-0.4, -0.2) is 58.7 Å². The third kappa shape index (κ3) is 4.17. The maximum absolute atomic E-state index is 13.2. The van der Waals surface area contributed by atoms with E-state index in [0.29, 0.717) is 22.6 Å². The molecule has 0 N–H and O–H groups in total. The minimum absolute atomic E-state index is 0.119. The van der Waals surface area contributed by atoms with Crippen LogP contribution in [0.1, 0.15) is 33.8 Å². The van der Waals surface area contributed by atoms with Gasteiger partial charge in [-0.25, -0.2) is 0 Å². The first-order chi connectivity index (χ1) is 13.8. The van der Waals surface area contributed by atoms with Crippen molar-refractivity contribution in [2.45, 2.75) is 32.4 Å². The van der Waals surface area contributed by atoms with E-state index in [0.717, 1.165) is 52.3 Å². The highest BCUT2D eigenvalue weighted by Gasteiger charge is 2.27. The van der Waals surface area contributed by atoms with Gasteiger partial charge in [-0.1, -0.05) is 29.3 Å². The van der Waals surface area contributed by atoms with Crippen LogP contribution in [0.2, 0.25) is 10.0 Å². The third-order valence-corrected chi connectivity index (χ3v) is 7.29. The van der Waals surface area contributed by atoms with Crippen LogP contribution in [0.15, 0.2) is 24.3 Å². The number of likely N-dealkylation sites (tertiary alicyclic amines) is 1. The van der Waals surface area contributed by atoms with Crippen molar-refractivity contribution >= 4 is 50.7 Å². The Kier molecular flexibility index (Phi) is 5.89. The fourth-order valence-corrected chi connectivity index (χ4v) is 5.45. The number of carbonyl (C=O) groups excluding carboxylic acids is 1. The number of likely N-dealkylation sites (N-methyl/N-ethyl adjacent to an activating group) is 1. The molecule has 5 nitrogen and oxygen atoms in total. The van der Waals surface area contributed by atoms with Crippen molar-refractivity contribution in [2.24, 2.45) is 0 Å². The van der Waals surface area contributed by atoms with Crippen molar-refractivity contribution in [3.8, 4) is 0 Å². The van der Waals surface area contributed by atoms with E-state index in [-0.39, 0.29) is 5.91 Å². The van der Waals surface area contributed by atoms with E-state index in [9.17, 15) is 4.79 Å². The molecule has 4 rings (SSSR count). The van der Waals surface area contributed by atoms with Gasteiger partial charge in [-0.2, -0.15) is 5.10 Å². The number of aryl methyl sites for hydroxylation is 1. The van der Waals surface area contributed by atoms with Crippen molar-refractivity contribution in [1.82, 2.24) is 19.6 Å². The van der Waals surface area contributed by atoms with Crippen LogP contribution in [-0.2, 0) is 6.54 Å². The summed E-state index contributed by atoms with van der Waals surface area (Å²) in [7, 11) is 4.16. The Hall–Kier alpha value is -1.60. The Morgan fingerprint density at radius 3 is 2.83 bits per heavy atom. The van der Waals surface area contributed by atoms with E-state index >= 15 is 0 Å². The molecular weight excluding hydrogens is 427 g/mol. The molecule has 1 aromatic carbocycles. The molecule has 1 unspecified atom stereocenters. The maximum Gasteiger partial charge on any atom is 0.264 e. The van der Waals surface area contributed by atoms with Crippen LogP contribution < -0.4 is 0 Å². The molecule has 0 aliphatic carbocycles. The first-order valence-electron chi connectivity index (χ1n) is 9.70. The lowest BCUT2D eigenvalue weighted by Gasteiger charge is -2.35. The highest BCUT2D eigenvalue weighted by Crippen LogP contribution is 2.31. The summed E-state index contributed by atoms with van der Waals surface area (Å²) in [4.78, 5) is 19.1. The zero-order valence-corrected chi connectivity index (χ0v) is 19.1. The molecule has 1 fully saturated rings. The van der Waals surface area contributed by atoms with E-state index < -0.39 is 0 Å². The van der Waals surface area contributed by atoms with Crippen LogP contribution in [0, 0.1) is 6.92 Å². The highest BCUT2D eigenvalue weighted by atomic mass is 35.5. The Morgan fingerprint density at radius 2 is 2.10 bits per heavy atom. The lowest BCUT2D eigenvalue weighted by atomic mass is 10.0. The fraction of sp³-hybridized carbons (Fsp3) is 0.429. The molecule has 0 radical (unpaired) electrons. The predicted octanol–water partition coefficient (Wildman–Crippen LogP) is 4.93. The first kappa shape index (κ1) is 20.7. The van der Waals surface area contributed by atoms with Gasteiger partial charge in [0.15, 0.2) is 0 Å². The molecule has 8 heteroatoms. The van der Waals surface area contributed by atoms with E-state index in [1.54, 1.807) is 6.07 Å². The summed E-state index contributed by atoms with van der Waals surface area (Å²) in [6.45, 7) is 4.13. The molecule has 1 aliphatic rings. The van der Waals surface area contributed by atoms with Gasteiger partial charge in [-0.3, -0.25) is 9.48 Å².